The number of nitro groups is 1. The Morgan fingerprint density at radius 3 is 2.62 bits per heavy atom. The van der Waals surface area contributed by atoms with Crippen molar-refractivity contribution in [3.8, 4) is 5.75 Å². The lowest BCUT2D eigenvalue weighted by Gasteiger charge is -2.01. The van der Waals surface area contributed by atoms with Crippen molar-refractivity contribution in [3.63, 3.8) is 0 Å². The highest BCUT2D eigenvalue weighted by molar-refractivity contribution is 5.81. The summed E-state index contributed by atoms with van der Waals surface area (Å²) in [5.41, 5.74) is 6.29. The van der Waals surface area contributed by atoms with Crippen molar-refractivity contribution in [1.29, 1.82) is 0 Å². The maximum absolute atomic E-state index is 10.1. The molecule has 0 saturated heterocycles. The summed E-state index contributed by atoms with van der Waals surface area (Å²) < 4.78 is 5.00. The molecule has 0 atom stereocenters. The standard InChI is InChI=1S/C10H13N3O3/c1-16-9-4-2-8(3-5-9)6-12-10(11)7-13(14)15/h2-5H,6-7H2,1H3,(H2,11,12). The van der Waals surface area contributed by atoms with Gasteiger partial charge in [0.15, 0.2) is 5.84 Å². The monoisotopic (exact) mass is 223 g/mol. The van der Waals surface area contributed by atoms with Gasteiger partial charge in [-0.25, -0.2) is 0 Å². The Labute approximate surface area is 92.9 Å². The molecule has 0 radical (unpaired) electrons. The van der Waals surface area contributed by atoms with Crippen LogP contribution in [0.4, 0.5) is 0 Å². The van der Waals surface area contributed by atoms with Crippen LogP contribution in [0.2, 0.25) is 0 Å². The Kier molecular flexibility index (Phi) is 4.26. The van der Waals surface area contributed by atoms with Crippen molar-refractivity contribution in [1.82, 2.24) is 0 Å². The first-order chi connectivity index (χ1) is 7.61. The van der Waals surface area contributed by atoms with Gasteiger partial charge in [-0.05, 0) is 17.7 Å². The van der Waals surface area contributed by atoms with E-state index in [1.807, 2.05) is 12.1 Å². The first kappa shape index (κ1) is 12.0. The van der Waals surface area contributed by atoms with Gasteiger partial charge in [-0.15, -0.1) is 0 Å². The van der Waals surface area contributed by atoms with Crippen LogP contribution in [0, 0.1) is 10.1 Å². The zero-order valence-corrected chi connectivity index (χ0v) is 8.92. The summed E-state index contributed by atoms with van der Waals surface area (Å²) in [6.07, 6.45) is 0. The number of methoxy groups -OCH3 is 1. The van der Waals surface area contributed by atoms with Crippen LogP contribution < -0.4 is 10.5 Å². The van der Waals surface area contributed by atoms with Crippen LogP contribution in [0.5, 0.6) is 5.75 Å². The average Bonchev–Trinajstić information content (AvgIpc) is 2.26. The van der Waals surface area contributed by atoms with Crippen molar-refractivity contribution in [3.05, 3.63) is 39.9 Å². The van der Waals surface area contributed by atoms with Gasteiger partial charge in [-0.1, -0.05) is 12.1 Å². The van der Waals surface area contributed by atoms with Gasteiger partial charge < -0.3 is 10.5 Å². The van der Waals surface area contributed by atoms with Gasteiger partial charge in [0.25, 0.3) is 6.54 Å². The molecule has 0 aliphatic rings. The molecule has 86 valence electrons. The Hall–Kier alpha value is -2.11. The lowest BCUT2D eigenvalue weighted by Crippen LogP contribution is -2.22. The summed E-state index contributed by atoms with van der Waals surface area (Å²) in [6.45, 7) is -0.0835. The van der Waals surface area contributed by atoms with Crippen molar-refractivity contribution in [2.45, 2.75) is 6.54 Å². The maximum Gasteiger partial charge on any atom is 0.259 e. The molecular formula is C10H13N3O3. The zero-order chi connectivity index (χ0) is 12.0. The van der Waals surface area contributed by atoms with Gasteiger partial charge in [0, 0.05) is 4.92 Å². The van der Waals surface area contributed by atoms with E-state index in [0.29, 0.717) is 6.54 Å². The van der Waals surface area contributed by atoms with Crippen molar-refractivity contribution >= 4 is 5.84 Å². The summed E-state index contributed by atoms with van der Waals surface area (Å²) in [5.74, 6) is 0.784. The molecule has 0 spiro atoms. The van der Waals surface area contributed by atoms with E-state index in [9.17, 15) is 10.1 Å². The van der Waals surface area contributed by atoms with E-state index in [4.69, 9.17) is 10.5 Å². The molecule has 0 aromatic heterocycles. The maximum atomic E-state index is 10.1. The van der Waals surface area contributed by atoms with Gasteiger partial charge in [-0.2, -0.15) is 0 Å². The number of aliphatic imine (C=N–C) groups is 1. The number of hydrogen-bond acceptors (Lipinski definition) is 4. The minimum atomic E-state index is -0.507. The molecular weight excluding hydrogens is 210 g/mol. The smallest absolute Gasteiger partial charge is 0.259 e. The van der Waals surface area contributed by atoms with Crippen molar-refractivity contribution < 1.29 is 9.66 Å². The fourth-order valence-corrected chi connectivity index (χ4v) is 1.11. The van der Waals surface area contributed by atoms with E-state index in [2.05, 4.69) is 4.99 Å². The largest absolute Gasteiger partial charge is 0.497 e. The molecule has 1 rings (SSSR count). The SMILES string of the molecule is COc1ccc(CN=C(N)C[N+](=O)[O-])cc1. The number of benzene rings is 1. The molecule has 0 heterocycles. The minimum absolute atomic E-state index is 0.0285. The first-order valence-corrected chi connectivity index (χ1v) is 4.65. The van der Waals surface area contributed by atoms with Gasteiger partial charge in [0.1, 0.15) is 5.75 Å². The zero-order valence-electron chi connectivity index (χ0n) is 8.92. The van der Waals surface area contributed by atoms with Crippen LogP contribution >= 0.6 is 0 Å². The van der Waals surface area contributed by atoms with E-state index in [1.54, 1.807) is 19.2 Å². The van der Waals surface area contributed by atoms with Gasteiger partial charge >= 0.3 is 0 Å². The molecule has 0 unspecified atom stereocenters. The Morgan fingerprint density at radius 2 is 2.12 bits per heavy atom. The number of amidine groups is 1. The molecule has 0 bridgehead atoms. The second-order valence-corrected chi connectivity index (χ2v) is 3.15. The minimum Gasteiger partial charge on any atom is -0.497 e. The van der Waals surface area contributed by atoms with Crippen molar-refractivity contribution in [2.24, 2.45) is 10.7 Å². The third-order valence-corrected chi connectivity index (χ3v) is 1.91. The fourth-order valence-electron chi connectivity index (χ4n) is 1.11. The van der Waals surface area contributed by atoms with Crippen molar-refractivity contribution in [2.75, 3.05) is 13.7 Å². The highest BCUT2D eigenvalue weighted by Crippen LogP contribution is 2.11. The molecule has 0 aliphatic heterocycles. The van der Waals surface area contributed by atoms with E-state index >= 15 is 0 Å². The third kappa shape index (κ3) is 3.95. The summed E-state index contributed by atoms with van der Waals surface area (Å²) in [4.78, 5) is 13.5. The van der Waals surface area contributed by atoms with E-state index in [-0.39, 0.29) is 5.84 Å². The second kappa shape index (κ2) is 5.69. The summed E-state index contributed by atoms with van der Waals surface area (Å²) in [6, 6.07) is 7.27. The summed E-state index contributed by atoms with van der Waals surface area (Å²) in [5, 5.41) is 10.1. The molecule has 0 saturated carbocycles. The molecule has 6 nitrogen and oxygen atoms in total. The normalized spacial score (nSPS) is 11.2. The van der Waals surface area contributed by atoms with Gasteiger partial charge in [-0.3, -0.25) is 15.1 Å². The average molecular weight is 223 g/mol. The van der Waals surface area contributed by atoms with Gasteiger partial charge in [0.05, 0.1) is 13.7 Å². The highest BCUT2D eigenvalue weighted by atomic mass is 16.6. The predicted molar refractivity (Wildman–Crippen MR) is 60.2 cm³/mol. The number of nitrogens with two attached hydrogens (primary N) is 1. The van der Waals surface area contributed by atoms with Crippen LogP contribution in [0.25, 0.3) is 0 Å². The van der Waals surface area contributed by atoms with E-state index < -0.39 is 11.5 Å². The predicted octanol–water partition coefficient (Wildman–Crippen LogP) is 0.829. The summed E-state index contributed by atoms with van der Waals surface area (Å²) in [7, 11) is 1.59. The lowest BCUT2D eigenvalue weighted by atomic mass is 10.2. The Balaban J connectivity index is 2.56. The molecule has 1 aromatic carbocycles. The quantitative estimate of drug-likeness (QED) is 0.346. The molecule has 6 heteroatoms. The van der Waals surface area contributed by atoms with Crippen LogP contribution in [0.1, 0.15) is 5.56 Å². The number of hydrogen-bond donors (Lipinski definition) is 1. The summed E-state index contributed by atoms with van der Waals surface area (Å²) >= 11 is 0. The molecule has 0 fully saturated rings. The van der Waals surface area contributed by atoms with Crippen LogP contribution in [-0.2, 0) is 6.54 Å². The van der Waals surface area contributed by atoms with Crippen LogP contribution in [-0.4, -0.2) is 24.4 Å². The lowest BCUT2D eigenvalue weighted by molar-refractivity contribution is -0.463. The third-order valence-electron chi connectivity index (χ3n) is 1.91. The number of ether oxygens (including phenoxy) is 1. The molecule has 16 heavy (non-hydrogen) atoms. The molecule has 2 N–H and O–H groups in total. The Bertz CT molecular complexity index is 387. The van der Waals surface area contributed by atoms with Crippen LogP contribution in [0.15, 0.2) is 29.3 Å². The van der Waals surface area contributed by atoms with E-state index in [0.717, 1.165) is 11.3 Å². The molecule has 0 aliphatic carbocycles. The molecule has 0 amide bonds. The second-order valence-electron chi connectivity index (χ2n) is 3.15. The first-order valence-electron chi connectivity index (χ1n) is 4.65. The Morgan fingerprint density at radius 1 is 1.50 bits per heavy atom. The topological polar surface area (TPSA) is 90.8 Å². The van der Waals surface area contributed by atoms with Crippen LogP contribution in [0.3, 0.4) is 0 Å². The van der Waals surface area contributed by atoms with Gasteiger partial charge in [0.2, 0.25) is 0 Å². The number of rotatable bonds is 5. The van der Waals surface area contributed by atoms with E-state index in [1.165, 1.54) is 0 Å². The highest BCUT2D eigenvalue weighted by Gasteiger charge is 2.01. The molecule has 1 aromatic rings. The fraction of sp³-hybridized carbons (Fsp3) is 0.300. The number of nitrogens with zero attached hydrogens (tertiary/aromatic N) is 2.